The summed E-state index contributed by atoms with van der Waals surface area (Å²) in [4.78, 5) is 0. The van der Waals surface area contributed by atoms with Crippen LogP contribution in [0.4, 0.5) is 8.78 Å². The Morgan fingerprint density at radius 3 is 1.94 bits per heavy atom. The molecule has 0 amide bonds. The lowest BCUT2D eigenvalue weighted by Crippen LogP contribution is -2.46. The summed E-state index contributed by atoms with van der Waals surface area (Å²) in [6, 6.07) is 2.27. The van der Waals surface area contributed by atoms with E-state index in [0.29, 0.717) is 10.0 Å². The lowest BCUT2D eigenvalue weighted by molar-refractivity contribution is 0.209. The Morgan fingerprint density at radius 1 is 1.06 bits per heavy atom. The molecule has 0 spiro atoms. The topological polar surface area (TPSA) is 26.0 Å². The van der Waals surface area contributed by atoms with Crippen LogP contribution >= 0.6 is 15.9 Å². The van der Waals surface area contributed by atoms with Crippen molar-refractivity contribution < 1.29 is 8.78 Å². The fourth-order valence-corrected chi connectivity index (χ4v) is 2.05. The third kappa shape index (κ3) is 2.28. The molecule has 1 atom stereocenters. The van der Waals surface area contributed by atoms with Gasteiger partial charge in [-0.3, -0.25) is 0 Å². The Labute approximate surface area is 103 Å². The Balaban J connectivity index is 3.39. The highest BCUT2D eigenvalue weighted by atomic mass is 79.9. The van der Waals surface area contributed by atoms with Gasteiger partial charge in [-0.1, -0.05) is 36.7 Å². The number of benzene rings is 1. The second-order valence-corrected chi connectivity index (χ2v) is 6.05. The molecule has 0 saturated heterocycles. The van der Waals surface area contributed by atoms with Gasteiger partial charge in [0.1, 0.15) is 0 Å². The van der Waals surface area contributed by atoms with Crippen molar-refractivity contribution in [3.63, 3.8) is 0 Å². The van der Waals surface area contributed by atoms with E-state index in [0.717, 1.165) is 12.1 Å². The molecule has 2 N–H and O–H groups in total. The molecular formula is C12H16BrF2N. The quantitative estimate of drug-likeness (QED) is 0.779. The molecule has 0 aliphatic rings. The lowest BCUT2D eigenvalue weighted by atomic mass is 9.71. The van der Waals surface area contributed by atoms with Crippen molar-refractivity contribution in [2.75, 3.05) is 0 Å². The first kappa shape index (κ1) is 13.6. The molecule has 0 saturated carbocycles. The fourth-order valence-electron chi connectivity index (χ4n) is 1.32. The maximum Gasteiger partial charge on any atom is 0.159 e. The van der Waals surface area contributed by atoms with Gasteiger partial charge in [0.2, 0.25) is 0 Å². The molecule has 1 aromatic rings. The van der Waals surface area contributed by atoms with Gasteiger partial charge in [-0.2, -0.15) is 0 Å². The minimum atomic E-state index is -0.876. The van der Waals surface area contributed by atoms with Crippen molar-refractivity contribution in [3.05, 3.63) is 33.8 Å². The summed E-state index contributed by atoms with van der Waals surface area (Å²) in [6.45, 7) is 7.69. The van der Waals surface area contributed by atoms with E-state index in [-0.39, 0.29) is 5.41 Å². The van der Waals surface area contributed by atoms with Gasteiger partial charge in [0.05, 0.1) is 0 Å². The molecule has 1 aromatic carbocycles. The van der Waals surface area contributed by atoms with Crippen LogP contribution in [0.2, 0.25) is 0 Å². The number of hydrogen-bond acceptors (Lipinski definition) is 1. The van der Waals surface area contributed by atoms with Crippen molar-refractivity contribution in [2.45, 2.75) is 33.2 Å². The summed E-state index contributed by atoms with van der Waals surface area (Å²) in [5.74, 6) is -1.75. The van der Waals surface area contributed by atoms with E-state index in [2.05, 4.69) is 15.9 Å². The molecule has 90 valence electrons. The van der Waals surface area contributed by atoms with E-state index in [4.69, 9.17) is 5.73 Å². The van der Waals surface area contributed by atoms with Crippen molar-refractivity contribution in [1.29, 1.82) is 0 Å². The molecular weight excluding hydrogens is 276 g/mol. The number of hydrogen-bond donors (Lipinski definition) is 1. The highest BCUT2D eigenvalue weighted by molar-refractivity contribution is 9.10. The van der Waals surface area contributed by atoms with Crippen LogP contribution < -0.4 is 5.73 Å². The normalized spacial score (nSPS) is 16.0. The first-order valence-corrected chi connectivity index (χ1v) is 5.80. The average molecular weight is 292 g/mol. The first-order valence-electron chi connectivity index (χ1n) is 5.01. The zero-order chi connectivity index (χ0) is 12.7. The van der Waals surface area contributed by atoms with E-state index in [1.165, 1.54) is 0 Å². The molecule has 0 bridgehead atoms. The molecule has 0 heterocycles. The van der Waals surface area contributed by atoms with Crippen LogP contribution in [0.3, 0.4) is 0 Å². The molecule has 0 aliphatic carbocycles. The van der Waals surface area contributed by atoms with E-state index in [9.17, 15) is 8.78 Å². The van der Waals surface area contributed by atoms with E-state index in [1.807, 2.05) is 27.7 Å². The lowest BCUT2D eigenvalue weighted by Gasteiger charge is -2.39. The summed E-state index contributed by atoms with van der Waals surface area (Å²) in [7, 11) is 0. The molecule has 0 fully saturated rings. The molecule has 1 unspecified atom stereocenters. The zero-order valence-electron chi connectivity index (χ0n) is 9.87. The molecule has 4 heteroatoms. The predicted octanol–water partition coefficient (Wildman–Crippen LogP) is 3.95. The first-order chi connectivity index (χ1) is 7.07. The Hall–Kier alpha value is -0.480. The van der Waals surface area contributed by atoms with Crippen molar-refractivity contribution in [1.82, 2.24) is 0 Å². The van der Waals surface area contributed by atoms with Crippen LogP contribution in [0.5, 0.6) is 0 Å². The van der Waals surface area contributed by atoms with Gasteiger partial charge in [-0.25, -0.2) is 8.78 Å². The largest absolute Gasteiger partial charge is 0.321 e. The standard InChI is InChI=1S/C12H16BrF2N/c1-11(2,3)12(4,16)7-5-9(14)10(15)6-8(7)13/h5-6H,16H2,1-4H3. The van der Waals surface area contributed by atoms with Crippen molar-refractivity contribution in [2.24, 2.45) is 11.1 Å². The summed E-state index contributed by atoms with van der Waals surface area (Å²) in [5, 5.41) is 0. The summed E-state index contributed by atoms with van der Waals surface area (Å²) >= 11 is 3.22. The van der Waals surface area contributed by atoms with Gasteiger partial charge in [0, 0.05) is 10.0 Å². The second-order valence-electron chi connectivity index (χ2n) is 5.20. The zero-order valence-corrected chi connectivity index (χ0v) is 11.5. The fraction of sp³-hybridized carbons (Fsp3) is 0.500. The summed E-state index contributed by atoms with van der Waals surface area (Å²) in [5.41, 5.74) is 5.77. The van der Waals surface area contributed by atoms with Crippen LogP contribution in [0.25, 0.3) is 0 Å². The Kier molecular flexibility index (Phi) is 3.46. The Bertz CT molecular complexity index is 408. The van der Waals surface area contributed by atoms with Gasteiger partial charge < -0.3 is 5.73 Å². The van der Waals surface area contributed by atoms with E-state index < -0.39 is 17.2 Å². The minimum absolute atomic E-state index is 0.264. The maximum atomic E-state index is 13.2. The highest BCUT2D eigenvalue weighted by Crippen LogP contribution is 2.40. The molecule has 1 rings (SSSR count). The van der Waals surface area contributed by atoms with Crippen molar-refractivity contribution >= 4 is 15.9 Å². The Morgan fingerprint density at radius 2 is 1.50 bits per heavy atom. The third-order valence-electron chi connectivity index (χ3n) is 3.13. The smallest absolute Gasteiger partial charge is 0.159 e. The SMILES string of the molecule is CC(C)(C)C(C)(N)c1cc(F)c(F)cc1Br. The molecule has 0 aliphatic heterocycles. The van der Waals surface area contributed by atoms with Crippen LogP contribution in [0.15, 0.2) is 16.6 Å². The second kappa shape index (κ2) is 4.08. The average Bonchev–Trinajstić information content (AvgIpc) is 2.09. The molecule has 0 aromatic heterocycles. The summed E-state index contributed by atoms with van der Waals surface area (Å²) < 4.78 is 26.7. The third-order valence-corrected chi connectivity index (χ3v) is 3.78. The van der Waals surface area contributed by atoms with Crippen molar-refractivity contribution in [3.8, 4) is 0 Å². The van der Waals surface area contributed by atoms with Gasteiger partial charge >= 0.3 is 0 Å². The van der Waals surface area contributed by atoms with Gasteiger partial charge in [-0.15, -0.1) is 0 Å². The van der Waals surface area contributed by atoms with Gasteiger partial charge in [-0.05, 0) is 30.0 Å². The van der Waals surface area contributed by atoms with Crippen LogP contribution in [-0.2, 0) is 5.54 Å². The van der Waals surface area contributed by atoms with Crippen LogP contribution in [-0.4, -0.2) is 0 Å². The van der Waals surface area contributed by atoms with Crippen LogP contribution in [0.1, 0.15) is 33.3 Å². The number of rotatable bonds is 1. The number of halogens is 3. The predicted molar refractivity (Wildman–Crippen MR) is 65.1 cm³/mol. The van der Waals surface area contributed by atoms with E-state index in [1.54, 1.807) is 0 Å². The monoisotopic (exact) mass is 291 g/mol. The van der Waals surface area contributed by atoms with Crippen LogP contribution in [0, 0.1) is 17.0 Å². The van der Waals surface area contributed by atoms with E-state index >= 15 is 0 Å². The molecule has 1 nitrogen and oxygen atoms in total. The highest BCUT2D eigenvalue weighted by Gasteiger charge is 2.37. The number of nitrogens with two attached hydrogens (primary N) is 1. The minimum Gasteiger partial charge on any atom is -0.321 e. The van der Waals surface area contributed by atoms with Gasteiger partial charge in [0.15, 0.2) is 11.6 Å². The summed E-state index contributed by atoms with van der Waals surface area (Å²) in [6.07, 6.45) is 0. The maximum absolute atomic E-state index is 13.2. The van der Waals surface area contributed by atoms with Gasteiger partial charge in [0.25, 0.3) is 0 Å². The molecule has 0 radical (unpaired) electrons. The molecule has 16 heavy (non-hydrogen) atoms.